The maximum atomic E-state index is 11.3. The zero-order valence-corrected chi connectivity index (χ0v) is 11.6. The van der Waals surface area contributed by atoms with E-state index in [1.54, 1.807) is 6.07 Å². The SMILES string of the molecule is CC(C)(C)c1nc2ccc(Cl)c(S(=O)(=O)O)c2o1. The highest BCUT2D eigenvalue weighted by molar-refractivity contribution is 7.86. The molecular formula is C11H12ClNO4S. The second-order valence-electron chi connectivity index (χ2n) is 4.97. The van der Waals surface area contributed by atoms with E-state index in [-0.39, 0.29) is 16.0 Å². The maximum Gasteiger partial charge on any atom is 0.299 e. The second kappa shape index (κ2) is 3.94. The minimum Gasteiger partial charge on any atom is -0.439 e. The third kappa shape index (κ3) is 2.23. The summed E-state index contributed by atoms with van der Waals surface area (Å²) >= 11 is 5.78. The number of aromatic nitrogens is 1. The Hall–Kier alpha value is -1.11. The summed E-state index contributed by atoms with van der Waals surface area (Å²) < 4.78 is 37.2. The predicted molar refractivity (Wildman–Crippen MR) is 67.5 cm³/mol. The standard InChI is InChI=1S/C11H12ClNO4S/c1-11(2,3)10-13-7-5-4-6(12)9(8(7)17-10)18(14,15)16/h4-5H,1-3H3,(H,14,15,16). The van der Waals surface area contributed by atoms with Gasteiger partial charge < -0.3 is 4.42 Å². The molecule has 0 aliphatic rings. The number of rotatable bonds is 1. The highest BCUT2D eigenvalue weighted by Gasteiger charge is 2.26. The molecule has 0 aliphatic carbocycles. The van der Waals surface area contributed by atoms with Crippen molar-refractivity contribution in [3.8, 4) is 0 Å². The quantitative estimate of drug-likeness (QED) is 0.816. The van der Waals surface area contributed by atoms with Crippen molar-refractivity contribution in [3.05, 3.63) is 23.0 Å². The average molecular weight is 290 g/mol. The van der Waals surface area contributed by atoms with Crippen LogP contribution in [0.5, 0.6) is 0 Å². The number of oxazole rings is 1. The number of hydrogen-bond donors (Lipinski definition) is 1. The molecule has 98 valence electrons. The normalized spacial score (nSPS) is 13.2. The number of fused-ring (bicyclic) bond motifs is 1. The third-order valence-electron chi connectivity index (χ3n) is 2.36. The summed E-state index contributed by atoms with van der Waals surface area (Å²) in [6, 6.07) is 2.91. The summed E-state index contributed by atoms with van der Waals surface area (Å²) in [5, 5.41) is -0.0957. The van der Waals surface area contributed by atoms with Crippen LogP contribution in [-0.4, -0.2) is 18.0 Å². The molecule has 0 unspecified atom stereocenters. The van der Waals surface area contributed by atoms with Gasteiger partial charge in [0.15, 0.2) is 10.5 Å². The van der Waals surface area contributed by atoms with Crippen LogP contribution >= 0.6 is 11.6 Å². The number of nitrogens with zero attached hydrogens (tertiary/aromatic N) is 1. The van der Waals surface area contributed by atoms with Crippen molar-refractivity contribution in [2.75, 3.05) is 0 Å². The largest absolute Gasteiger partial charge is 0.439 e. The van der Waals surface area contributed by atoms with Crippen molar-refractivity contribution in [3.63, 3.8) is 0 Å². The van der Waals surface area contributed by atoms with E-state index in [1.807, 2.05) is 20.8 Å². The lowest BCUT2D eigenvalue weighted by Crippen LogP contribution is -2.10. The molecule has 5 nitrogen and oxygen atoms in total. The maximum absolute atomic E-state index is 11.3. The van der Waals surface area contributed by atoms with Crippen LogP contribution in [0.1, 0.15) is 26.7 Å². The fourth-order valence-electron chi connectivity index (χ4n) is 1.50. The minimum absolute atomic E-state index is 0.0186. The van der Waals surface area contributed by atoms with Crippen molar-refractivity contribution < 1.29 is 17.4 Å². The molecule has 0 atom stereocenters. The molecule has 0 fully saturated rings. The molecule has 2 aromatic rings. The molecule has 18 heavy (non-hydrogen) atoms. The molecule has 1 aromatic heterocycles. The monoisotopic (exact) mass is 289 g/mol. The van der Waals surface area contributed by atoms with E-state index in [4.69, 9.17) is 16.0 Å². The molecule has 0 bridgehead atoms. The minimum atomic E-state index is -4.46. The van der Waals surface area contributed by atoms with Crippen molar-refractivity contribution in [2.24, 2.45) is 0 Å². The van der Waals surface area contributed by atoms with Crippen molar-refractivity contribution in [1.82, 2.24) is 4.98 Å². The summed E-state index contributed by atoms with van der Waals surface area (Å²) in [5.74, 6) is 0.379. The van der Waals surface area contributed by atoms with Gasteiger partial charge in [0, 0.05) is 5.41 Å². The zero-order chi connectivity index (χ0) is 13.7. The number of benzene rings is 1. The summed E-state index contributed by atoms with van der Waals surface area (Å²) in [5.41, 5.74) is -0.0472. The molecule has 1 aromatic carbocycles. The summed E-state index contributed by atoms with van der Waals surface area (Å²) in [6.45, 7) is 5.64. The van der Waals surface area contributed by atoms with E-state index in [2.05, 4.69) is 4.98 Å². The van der Waals surface area contributed by atoms with Crippen LogP contribution in [0.15, 0.2) is 21.4 Å². The van der Waals surface area contributed by atoms with Gasteiger partial charge >= 0.3 is 0 Å². The molecule has 0 spiro atoms. The van der Waals surface area contributed by atoms with E-state index in [0.717, 1.165) is 0 Å². The third-order valence-corrected chi connectivity index (χ3v) is 3.71. The van der Waals surface area contributed by atoms with Gasteiger partial charge in [0.2, 0.25) is 5.89 Å². The summed E-state index contributed by atoms with van der Waals surface area (Å²) in [4.78, 5) is 3.76. The lowest BCUT2D eigenvalue weighted by Gasteiger charge is -2.11. The molecule has 0 saturated carbocycles. The zero-order valence-electron chi connectivity index (χ0n) is 10.1. The molecule has 0 amide bonds. The van der Waals surface area contributed by atoms with Gasteiger partial charge in [-0.05, 0) is 12.1 Å². The van der Waals surface area contributed by atoms with Crippen LogP contribution < -0.4 is 0 Å². The Bertz CT molecular complexity index is 712. The van der Waals surface area contributed by atoms with Crippen LogP contribution in [0.25, 0.3) is 11.1 Å². The summed E-state index contributed by atoms with van der Waals surface area (Å²) in [6.07, 6.45) is 0. The van der Waals surface area contributed by atoms with Crippen LogP contribution in [0.2, 0.25) is 5.02 Å². The molecule has 1 heterocycles. The van der Waals surface area contributed by atoms with E-state index < -0.39 is 15.0 Å². The van der Waals surface area contributed by atoms with Gasteiger partial charge in [-0.1, -0.05) is 32.4 Å². The highest BCUT2D eigenvalue weighted by atomic mass is 35.5. The Morgan fingerprint density at radius 3 is 2.44 bits per heavy atom. The van der Waals surface area contributed by atoms with Crippen molar-refractivity contribution in [2.45, 2.75) is 31.1 Å². The van der Waals surface area contributed by atoms with E-state index >= 15 is 0 Å². The van der Waals surface area contributed by atoms with Crippen LogP contribution in [0, 0.1) is 0 Å². The first-order valence-corrected chi connectivity index (χ1v) is 6.99. The Labute approximate surface area is 110 Å². The van der Waals surface area contributed by atoms with Crippen LogP contribution in [-0.2, 0) is 15.5 Å². The Morgan fingerprint density at radius 2 is 1.94 bits per heavy atom. The molecular weight excluding hydrogens is 278 g/mol. The van der Waals surface area contributed by atoms with Gasteiger partial charge in [-0.15, -0.1) is 0 Å². The van der Waals surface area contributed by atoms with Gasteiger partial charge in [0.25, 0.3) is 10.1 Å². The van der Waals surface area contributed by atoms with Crippen molar-refractivity contribution in [1.29, 1.82) is 0 Å². The molecule has 7 heteroatoms. The molecule has 0 radical (unpaired) electrons. The second-order valence-corrected chi connectivity index (χ2v) is 6.73. The lowest BCUT2D eigenvalue weighted by atomic mass is 9.97. The van der Waals surface area contributed by atoms with E-state index in [9.17, 15) is 13.0 Å². The molecule has 2 rings (SSSR count). The number of hydrogen-bond acceptors (Lipinski definition) is 4. The molecule has 0 saturated heterocycles. The lowest BCUT2D eigenvalue weighted by molar-refractivity contribution is 0.407. The van der Waals surface area contributed by atoms with E-state index in [0.29, 0.717) is 11.4 Å². The first kappa shape index (κ1) is 13.3. The average Bonchev–Trinajstić information content (AvgIpc) is 2.57. The van der Waals surface area contributed by atoms with Gasteiger partial charge in [0.05, 0.1) is 5.02 Å². The van der Waals surface area contributed by atoms with Gasteiger partial charge in [-0.3, -0.25) is 4.55 Å². The van der Waals surface area contributed by atoms with Crippen LogP contribution in [0.4, 0.5) is 0 Å². The molecule has 0 aliphatic heterocycles. The fraction of sp³-hybridized carbons (Fsp3) is 0.364. The smallest absolute Gasteiger partial charge is 0.299 e. The van der Waals surface area contributed by atoms with Crippen LogP contribution in [0.3, 0.4) is 0 Å². The van der Waals surface area contributed by atoms with Gasteiger partial charge in [0.1, 0.15) is 5.52 Å². The Kier molecular flexibility index (Phi) is 2.92. The van der Waals surface area contributed by atoms with Gasteiger partial charge in [-0.25, -0.2) is 4.98 Å². The molecule has 1 N–H and O–H groups in total. The predicted octanol–water partition coefficient (Wildman–Crippen LogP) is 3.03. The summed E-state index contributed by atoms with van der Waals surface area (Å²) in [7, 11) is -4.46. The first-order valence-electron chi connectivity index (χ1n) is 5.18. The fourth-order valence-corrected chi connectivity index (χ4v) is 2.64. The Morgan fingerprint density at radius 1 is 1.33 bits per heavy atom. The van der Waals surface area contributed by atoms with E-state index in [1.165, 1.54) is 6.07 Å². The highest BCUT2D eigenvalue weighted by Crippen LogP contribution is 2.33. The topological polar surface area (TPSA) is 80.4 Å². The van der Waals surface area contributed by atoms with Gasteiger partial charge in [-0.2, -0.15) is 8.42 Å². The van der Waals surface area contributed by atoms with Crippen molar-refractivity contribution >= 4 is 32.8 Å². The Balaban J connectivity index is 2.87. The number of halogens is 1. The first-order chi connectivity index (χ1) is 8.10.